The summed E-state index contributed by atoms with van der Waals surface area (Å²) in [6, 6.07) is 10.1. The van der Waals surface area contributed by atoms with Crippen LogP contribution in [0.5, 0.6) is 5.75 Å². The van der Waals surface area contributed by atoms with Crippen molar-refractivity contribution in [2.24, 2.45) is 0 Å². The van der Waals surface area contributed by atoms with Gasteiger partial charge >= 0.3 is 0 Å². The maximum Gasteiger partial charge on any atom is 0.274 e. The van der Waals surface area contributed by atoms with Gasteiger partial charge in [0.15, 0.2) is 10.9 Å². The van der Waals surface area contributed by atoms with Crippen molar-refractivity contribution in [2.45, 2.75) is 26.2 Å². The largest absolute Gasteiger partial charge is 0.494 e. The van der Waals surface area contributed by atoms with Crippen LogP contribution in [0, 0.1) is 10.1 Å². The zero-order chi connectivity index (χ0) is 19.8. The minimum Gasteiger partial charge on any atom is -0.494 e. The number of nitro groups is 1. The first-order valence-corrected chi connectivity index (χ1v) is 9.05. The molecule has 8 heteroatoms. The van der Waals surface area contributed by atoms with E-state index in [0.29, 0.717) is 26.7 Å². The highest BCUT2D eigenvalue weighted by Gasteiger charge is 2.18. The predicted molar refractivity (Wildman–Crippen MR) is 106 cm³/mol. The van der Waals surface area contributed by atoms with Gasteiger partial charge in [-0.25, -0.2) is 4.98 Å². The number of anilines is 1. The number of hydrogen-bond acceptors (Lipinski definition) is 6. The SMILES string of the molecule is COc1cc([N+](=O)[O-])cc2sc(NC(=O)c3ccc(C(C)(C)C)cc3)nc12. The molecule has 3 aromatic rings. The second-order valence-electron chi connectivity index (χ2n) is 7.05. The van der Waals surface area contributed by atoms with Gasteiger partial charge < -0.3 is 4.74 Å². The highest BCUT2D eigenvalue weighted by atomic mass is 32.1. The van der Waals surface area contributed by atoms with Crippen LogP contribution in [0.4, 0.5) is 10.8 Å². The number of aromatic nitrogens is 1. The standard InChI is InChI=1S/C19H19N3O4S/c1-19(2,3)12-7-5-11(6-8-12)17(23)21-18-20-16-14(26-4)9-13(22(24)25)10-15(16)27-18/h5-10H,1-4H3,(H,20,21,23). The van der Waals surface area contributed by atoms with E-state index in [0.717, 1.165) is 16.9 Å². The van der Waals surface area contributed by atoms with E-state index in [9.17, 15) is 14.9 Å². The zero-order valence-corrected chi connectivity index (χ0v) is 16.2. The van der Waals surface area contributed by atoms with Crippen LogP contribution in [-0.2, 0) is 5.41 Å². The highest BCUT2D eigenvalue weighted by molar-refractivity contribution is 7.22. The molecule has 0 aliphatic heterocycles. The molecule has 1 heterocycles. The fourth-order valence-electron chi connectivity index (χ4n) is 2.59. The van der Waals surface area contributed by atoms with Crippen LogP contribution in [0.25, 0.3) is 10.2 Å². The molecule has 0 fully saturated rings. The molecule has 0 aliphatic carbocycles. The van der Waals surface area contributed by atoms with Crippen LogP contribution >= 0.6 is 11.3 Å². The van der Waals surface area contributed by atoms with E-state index in [-0.39, 0.29) is 17.0 Å². The fourth-order valence-corrected chi connectivity index (χ4v) is 3.50. The summed E-state index contributed by atoms with van der Waals surface area (Å²) < 4.78 is 5.76. The molecule has 140 valence electrons. The lowest BCUT2D eigenvalue weighted by Crippen LogP contribution is -2.14. The number of hydrogen-bond donors (Lipinski definition) is 1. The Kier molecular flexibility index (Phi) is 4.84. The van der Waals surface area contributed by atoms with Gasteiger partial charge in [0.05, 0.1) is 22.8 Å². The molecule has 0 saturated carbocycles. The minimum absolute atomic E-state index is 0.00725. The molecular weight excluding hydrogens is 366 g/mol. The van der Waals surface area contributed by atoms with Gasteiger partial charge in [0.25, 0.3) is 11.6 Å². The first-order chi connectivity index (χ1) is 12.7. The maximum atomic E-state index is 12.5. The molecule has 0 atom stereocenters. The number of ether oxygens (including phenoxy) is 1. The van der Waals surface area contributed by atoms with E-state index < -0.39 is 4.92 Å². The molecule has 7 nitrogen and oxygen atoms in total. The number of nitrogens with zero attached hydrogens (tertiary/aromatic N) is 2. The summed E-state index contributed by atoms with van der Waals surface area (Å²) in [6.45, 7) is 6.32. The third-order valence-electron chi connectivity index (χ3n) is 4.11. The van der Waals surface area contributed by atoms with Crippen LogP contribution in [0.15, 0.2) is 36.4 Å². The van der Waals surface area contributed by atoms with Gasteiger partial charge in [-0.05, 0) is 23.1 Å². The number of benzene rings is 2. The summed E-state index contributed by atoms with van der Waals surface area (Å²) in [7, 11) is 1.42. The summed E-state index contributed by atoms with van der Waals surface area (Å²) in [5.74, 6) is 0.00783. The molecule has 0 spiro atoms. The lowest BCUT2D eigenvalue weighted by Gasteiger charge is -2.18. The van der Waals surface area contributed by atoms with E-state index >= 15 is 0 Å². The Morgan fingerprint density at radius 1 is 1.22 bits per heavy atom. The Balaban J connectivity index is 1.88. The van der Waals surface area contributed by atoms with Gasteiger partial charge in [-0.3, -0.25) is 20.2 Å². The summed E-state index contributed by atoms with van der Waals surface area (Å²) in [4.78, 5) is 27.4. The van der Waals surface area contributed by atoms with Crippen LogP contribution in [0.1, 0.15) is 36.7 Å². The molecule has 0 bridgehead atoms. The number of thiazole rings is 1. The number of amides is 1. The number of carbonyl (C=O) groups excluding carboxylic acids is 1. The molecule has 1 amide bonds. The van der Waals surface area contributed by atoms with Gasteiger partial charge in [0.2, 0.25) is 0 Å². The van der Waals surface area contributed by atoms with Crippen molar-refractivity contribution in [1.29, 1.82) is 0 Å². The van der Waals surface area contributed by atoms with E-state index in [4.69, 9.17) is 4.74 Å². The topological polar surface area (TPSA) is 94.4 Å². The molecule has 2 aromatic carbocycles. The third-order valence-corrected chi connectivity index (χ3v) is 5.03. The predicted octanol–water partition coefficient (Wildman–Crippen LogP) is 4.76. The molecule has 1 N–H and O–H groups in total. The second-order valence-corrected chi connectivity index (χ2v) is 8.08. The summed E-state index contributed by atoms with van der Waals surface area (Å²) >= 11 is 1.16. The molecule has 0 saturated heterocycles. The Morgan fingerprint density at radius 3 is 2.44 bits per heavy atom. The first-order valence-electron chi connectivity index (χ1n) is 8.24. The van der Waals surface area contributed by atoms with Crippen LogP contribution in [-0.4, -0.2) is 22.9 Å². The van der Waals surface area contributed by atoms with Gasteiger partial charge in [-0.2, -0.15) is 0 Å². The molecule has 0 unspecified atom stereocenters. The lowest BCUT2D eigenvalue weighted by atomic mass is 9.87. The van der Waals surface area contributed by atoms with E-state index in [1.54, 1.807) is 12.1 Å². The van der Waals surface area contributed by atoms with Gasteiger partial charge in [0, 0.05) is 11.6 Å². The Hall–Kier alpha value is -3.00. The van der Waals surface area contributed by atoms with Crippen molar-refractivity contribution in [3.8, 4) is 5.75 Å². The van der Waals surface area contributed by atoms with Crippen molar-refractivity contribution in [2.75, 3.05) is 12.4 Å². The van der Waals surface area contributed by atoms with Crippen molar-refractivity contribution in [1.82, 2.24) is 4.98 Å². The monoisotopic (exact) mass is 385 g/mol. The van der Waals surface area contributed by atoms with Gasteiger partial charge in [-0.1, -0.05) is 44.2 Å². The Bertz CT molecular complexity index is 1020. The fraction of sp³-hybridized carbons (Fsp3) is 0.263. The van der Waals surface area contributed by atoms with E-state index in [1.165, 1.54) is 19.2 Å². The van der Waals surface area contributed by atoms with E-state index in [1.807, 2.05) is 12.1 Å². The highest BCUT2D eigenvalue weighted by Crippen LogP contribution is 2.36. The maximum absolute atomic E-state index is 12.5. The van der Waals surface area contributed by atoms with Crippen molar-refractivity contribution < 1.29 is 14.5 Å². The lowest BCUT2D eigenvalue weighted by molar-refractivity contribution is -0.384. The molecule has 0 aliphatic rings. The zero-order valence-electron chi connectivity index (χ0n) is 15.4. The first kappa shape index (κ1) is 18.8. The van der Waals surface area contributed by atoms with Gasteiger partial charge in [-0.15, -0.1) is 0 Å². The number of fused-ring (bicyclic) bond motifs is 1. The second kappa shape index (κ2) is 6.96. The smallest absolute Gasteiger partial charge is 0.274 e. The number of carbonyl (C=O) groups is 1. The van der Waals surface area contributed by atoms with Crippen molar-refractivity contribution >= 4 is 38.3 Å². The minimum atomic E-state index is -0.489. The normalized spacial score (nSPS) is 11.4. The van der Waals surface area contributed by atoms with E-state index in [2.05, 4.69) is 31.1 Å². The number of nitrogens with one attached hydrogen (secondary N) is 1. The van der Waals surface area contributed by atoms with Crippen molar-refractivity contribution in [3.05, 3.63) is 57.6 Å². The Labute approximate surface area is 160 Å². The van der Waals surface area contributed by atoms with Crippen molar-refractivity contribution in [3.63, 3.8) is 0 Å². The van der Waals surface area contributed by atoms with Crippen LogP contribution in [0.2, 0.25) is 0 Å². The Morgan fingerprint density at radius 2 is 1.89 bits per heavy atom. The molecule has 0 radical (unpaired) electrons. The average Bonchev–Trinajstić information content (AvgIpc) is 3.02. The van der Waals surface area contributed by atoms with Crippen LogP contribution in [0.3, 0.4) is 0 Å². The summed E-state index contributed by atoms with van der Waals surface area (Å²) in [5, 5.41) is 14.1. The molecule has 27 heavy (non-hydrogen) atoms. The van der Waals surface area contributed by atoms with Gasteiger partial charge in [0.1, 0.15) is 5.52 Å². The van der Waals surface area contributed by atoms with Crippen LogP contribution < -0.4 is 10.1 Å². The molecule has 3 rings (SSSR count). The molecule has 1 aromatic heterocycles. The number of rotatable bonds is 4. The number of non-ortho nitro benzene ring substituents is 1. The number of nitro benzene ring substituents is 1. The third kappa shape index (κ3) is 3.90. The number of methoxy groups -OCH3 is 1. The summed E-state index contributed by atoms with van der Waals surface area (Å²) in [6.07, 6.45) is 0. The summed E-state index contributed by atoms with van der Waals surface area (Å²) in [5.41, 5.74) is 2.05. The quantitative estimate of drug-likeness (QED) is 0.516. The molecular formula is C19H19N3O4S. The average molecular weight is 385 g/mol.